The molecule has 1 amide bonds. The predicted molar refractivity (Wildman–Crippen MR) is 134 cm³/mol. The molecule has 1 heterocycles. The molecule has 0 aromatic heterocycles. The molecule has 2 aromatic rings. The van der Waals surface area contributed by atoms with Crippen molar-refractivity contribution in [2.45, 2.75) is 74.7 Å². The van der Waals surface area contributed by atoms with E-state index in [1.807, 2.05) is 6.07 Å². The number of amides is 1. The molecule has 10 heteroatoms. The van der Waals surface area contributed by atoms with Gasteiger partial charge in [0.1, 0.15) is 6.10 Å². The topological polar surface area (TPSA) is 86.7 Å². The average molecular weight is 539 g/mol. The Bertz CT molecular complexity index is 1210. The van der Waals surface area contributed by atoms with E-state index in [1.54, 1.807) is 0 Å². The molecule has 1 saturated heterocycles. The normalized spacial score (nSPS) is 19.7. The number of nitrogens with one attached hydrogen (secondary N) is 1. The molecular formula is C27H33F3N2O4S. The second-order valence-corrected chi connectivity index (χ2v) is 12.1. The molecule has 202 valence electrons. The van der Waals surface area contributed by atoms with Crippen LogP contribution in [0.1, 0.15) is 66.8 Å². The van der Waals surface area contributed by atoms with E-state index in [-0.39, 0.29) is 6.04 Å². The van der Waals surface area contributed by atoms with Gasteiger partial charge in [0.25, 0.3) is 0 Å². The fraction of sp³-hybridized carbons (Fsp3) is 0.519. The fourth-order valence-electron chi connectivity index (χ4n) is 5.14. The van der Waals surface area contributed by atoms with Crippen LogP contribution in [0.25, 0.3) is 0 Å². The minimum Gasteiger partial charge on any atom is -0.383 e. The lowest BCUT2D eigenvalue weighted by Gasteiger charge is -2.29. The number of sulfone groups is 1. The largest absolute Gasteiger partial charge is 0.416 e. The van der Waals surface area contributed by atoms with Crippen molar-refractivity contribution in [1.29, 1.82) is 0 Å². The zero-order chi connectivity index (χ0) is 26.6. The van der Waals surface area contributed by atoms with E-state index < -0.39 is 50.7 Å². The quantitative estimate of drug-likeness (QED) is 0.520. The van der Waals surface area contributed by atoms with Gasteiger partial charge < -0.3 is 10.4 Å². The van der Waals surface area contributed by atoms with Crippen LogP contribution in [0.5, 0.6) is 0 Å². The van der Waals surface area contributed by atoms with Crippen molar-refractivity contribution in [2.24, 2.45) is 0 Å². The zero-order valence-corrected chi connectivity index (χ0v) is 21.5. The molecule has 0 bridgehead atoms. The number of aliphatic hydroxyl groups is 1. The maximum absolute atomic E-state index is 12.9. The summed E-state index contributed by atoms with van der Waals surface area (Å²) < 4.78 is 63.9. The Morgan fingerprint density at radius 3 is 2.57 bits per heavy atom. The molecule has 2 aliphatic rings. The highest BCUT2D eigenvalue weighted by atomic mass is 32.2. The van der Waals surface area contributed by atoms with E-state index in [2.05, 4.69) is 22.3 Å². The highest BCUT2D eigenvalue weighted by molar-refractivity contribution is 7.91. The monoisotopic (exact) mass is 538 g/mol. The van der Waals surface area contributed by atoms with E-state index in [0.29, 0.717) is 12.5 Å². The van der Waals surface area contributed by atoms with Gasteiger partial charge in [-0.3, -0.25) is 9.69 Å². The molecule has 0 unspecified atom stereocenters. The van der Waals surface area contributed by atoms with Crippen molar-refractivity contribution >= 4 is 15.7 Å². The Hall–Kier alpha value is -2.43. The van der Waals surface area contributed by atoms with Crippen molar-refractivity contribution < 1.29 is 31.5 Å². The highest BCUT2D eigenvalue weighted by Gasteiger charge is 2.32. The molecule has 2 aromatic carbocycles. The third-order valence-electron chi connectivity index (χ3n) is 7.18. The Balaban J connectivity index is 1.35. The van der Waals surface area contributed by atoms with Gasteiger partial charge in [-0.15, -0.1) is 0 Å². The SMILES string of the molecule is O=C(N[C@@H]1CCCc2cc(CN3CCCCC3)ccc21)[C@@H](O)CCS(=O)(=O)c1cccc(C(F)(F)F)c1. The summed E-state index contributed by atoms with van der Waals surface area (Å²) in [7, 11) is -4.11. The Morgan fingerprint density at radius 2 is 1.84 bits per heavy atom. The molecule has 1 aliphatic heterocycles. The van der Waals surface area contributed by atoms with Crippen LogP contribution >= 0.6 is 0 Å². The Morgan fingerprint density at radius 1 is 1.08 bits per heavy atom. The number of benzene rings is 2. The number of likely N-dealkylation sites (tertiary alicyclic amines) is 1. The average Bonchev–Trinajstić information content (AvgIpc) is 2.87. The van der Waals surface area contributed by atoms with Crippen molar-refractivity contribution in [3.63, 3.8) is 0 Å². The minimum atomic E-state index is -4.67. The summed E-state index contributed by atoms with van der Waals surface area (Å²) in [5.41, 5.74) is 2.35. The van der Waals surface area contributed by atoms with Gasteiger partial charge in [0.2, 0.25) is 5.91 Å². The lowest BCUT2D eigenvalue weighted by Crippen LogP contribution is -2.39. The van der Waals surface area contributed by atoms with Gasteiger partial charge in [-0.05, 0) is 86.5 Å². The highest BCUT2D eigenvalue weighted by Crippen LogP contribution is 2.32. The summed E-state index contributed by atoms with van der Waals surface area (Å²) in [6.07, 6.45) is -0.452. The molecule has 0 saturated carbocycles. The Labute approximate surface area is 215 Å². The van der Waals surface area contributed by atoms with Crippen LogP contribution in [-0.4, -0.2) is 49.3 Å². The number of carbonyl (C=O) groups is 1. The summed E-state index contributed by atoms with van der Waals surface area (Å²) in [6, 6.07) is 9.49. The lowest BCUT2D eigenvalue weighted by atomic mass is 9.86. The number of rotatable bonds is 8. The van der Waals surface area contributed by atoms with Gasteiger partial charge in [-0.2, -0.15) is 13.2 Å². The molecule has 4 rings (SSSR count). The van der Waals surface area contributed by atoms with Gasteiger partial charge in [-0.1, -0.05) is 30.7 Å². The van der Waals surface area contributed by atoms with Gasteiger partial charge >= 0.3 is 6.18 Å². The molecule has 1 fully saturated rings. The van der Waals surface area contributed by atoms with Crippen molar-refractivity contribution in [1.82, 2.24) is 10.2 Å². The number of hydrogen-bond donors (Lipinski definition) is 2. The van der Waals surface area contributed by atoms with E-state index in [9.17, 15) is 31.5 Å². The van der Waals surface area contributed by atoms with Crippen LogP contribution in [0.4, 0.5) is 13.2 Å². The standard InChI is InChI=1S/C27H33F3N2O4S/c28-27(29,30)21-7-5-8-22(17-21)37(35,36)15-12-25(33)26(34)31-24-9-4-6-20-16-19(10-11-23(20)24)18-32-13-2-1-3-14-32/h5,7-8,10-11,16-17,24-25,33H,1-4,6,9,12-15,18H2,(H,31,34)/t24-,25+/m1/s1. The molecular weight excluding hydrogens is 505 g/mol. The number of nitrogens with zero attached hydrogens (tertiary/aromatic N) is 1. The first-order valence-corrected chi connectivity index (χ1v) is 14.4. The first-order valence-electron chi connectivity index (χ1n) is 12.8. The van der Waals surface area contributed by atoms with Crippen LogP contribution in [-0.2, 0) is 33.8 Å². The van der Waals surface area contributed by atoms with Crippen LogP contribution in [0, 0.1) is 0 Å². The van der Waals surface area contributed by atoms with Crippen molar-refractivity contribution in [3.05, 3.63) is 64.7 Å². The van der Waals surface area contributed by atoms with Gasteiger partial charge in [0.15, 0.2) is 9.84 Å². The summed E-state index contributed by atoms with van der Waals surface area (Å²) in [6.45, 7) is 3.12. The maximum atomic E-state index is 12.9. The maximum Gasteiger partial charge on any atom is 0.416 e. The van der Waals surface area contributed by atoms with Crippen LogP contribution in [0.2, 0.25) is 0 Å². The molecule has 0 radical (unpaired) electrons. The van der Waals surface area contributed by atoms with Crippen LogP contribution in [0.15, 0.2) is 47.4 Å². The number of halogens is 3. The zero-order valence-electron chi connectivity index (χ0n) is 20.6. The molecule has 2 atom stereocenters. The third kappa shape index (κ3) is 7.12. The number of aliphatic hydroxyl groups excluding tert-OH is 1. The number of aryl methyl sites for hydroxylation is 1. The number of piperidine rings is 1. The van der Waals surface area contributed by atoms with E-state index in [1.165, 1.54) is 30.4 Å². The summed E-state index contributed by atoms with van der Waals surface area (Å²) >= 11 is 0. The minimum absolute atomic E-state index is 0.282. The van der Waals surface area contributed by atoms with Crippen molar-refractivity contribution in [3.8, 4) is 0 Å². The third-order valence-corrected chi connectivity index (χ3v) is 8.92. The first-order chi connectivity index (χ1) is 17.5. The molecule has 6 nitrogen and oxygen atoms in total. The number of alkyl halides is 3. The summed E-state index contributed by atoms with van der Waals surface area (Å²) in [5, 5.41) is 13.2. The van der Waals surface area contributed by atoms with E-state index in [0.717, 1.165) is 56.2 Å². The smallest absolute Gasteiger partial charge is 0.383 e. The second kappa shape index (κ2) is 11.5. The number of carbonyl (C=O) groups excluding carboxylic acids is 1. The Kier molecular flexibility index (Phi) is 8.60. The predicted octanol–water partition coefficient (Wildman–Crippen LogP) is 4.41. The molecule has 0 spiro atoms. The molecule has 2 N–H and O–H groups in total. The van der Waals surface area contributed by atoms with Crippen molar-refractivity contribution in [2.75, 3.05) is 18.8 Å². The van der Waals surface area contributed by atoms with E-state index in [4.69, 9.17) is 0 Å². The van der Waals surface area contributed by atoms with Gasteiger partial charge in [0.05, 0.1) is 22.3 Å². The fourth-order valence-corrected chi connectivity index (χ4v) is 6.50. The molecule has 1 aliphatic carbocycles. The second-order valence-electron chi connectivity index (χ2n) is 9.97. The number of fused-ring (bicyclic) bond motifs is 1. The molecule has 37 heavy (non-hydrogen) atoms. The number of hydrogen-bond acceptors (Lipinski definition) is 5. The van der Waals surface area contributed by atoms with E-state index >= 15 is 0 Å². The first kappa shape index (κ1) is 27.6. The summed E-state index contributed by atoms with van der Waals surface area (Å²) in [5.74, 6) is -1.33. The van der Waals surface area contributed by atoms with Crippen LogP contribution < -0.4 is 5.32 Å². The lowest BCUT2D eigenvalue weighted by molar-refractivity contribution is -0.137. The van der Waals surface area contributed by atoms with Gasteiger partial charge in [-0.25, -0.2) is 8.42 Å². The summed E-state index contributed by atoms with van der Waals surface area (Å²) in [4.78, 5) is 14.6. The van der Waals surface area contributed by atoms with Gasteiger partial charge in [0, 0.05) is 6.54 Å². The van der Waals surface area contributed by atoms with Crippen LogP contribution in [0.3, 0.4) is 0 Å².